The van der Waals surface area contributed by atoms with Crippen molar-refractivity contribution in [2.24, 2.45) is 0 Å². The second-order valence-corrected chi connectivity index (χ2v) is 5.56. The first-order chi connectivity index (χ1) is 10.5. The number of carbonyl (C=O) groups is 3. The average Bonchev–Trinajstić information content (AvgIpc) is 2.50. The van der Waals surface area contributed by atoms with Gasteiger partial charge in [-0.1, -0.05) is 19.3 Å². The van der Waals surface area contributed by atoms with E-state index in [1.807, 2.05) is 0 Å². The summed E-state index contributed by atoms with van der Waals surface area (Å²) in [5.41, 5.74) is 6.45. The third-order valence-electron chi connectivity index (χ3n) is 3.80. The lowest BCUT2D eigenvalue weighted by Gasteiger charge is -2.24. The Bertz CT molecular complexity index is 563. The van der Waals surface area contributed by atoms with Crippen LogP contribution in [0.2, 0.25) is 0 Å². The first-order valence-electron chi connectivity index (χ1n) is 7.50. The van der Waals surface area contributed by atoms with Crippen molar-refractivity contribution in [1.29, 1.82) is 0 Å². The van der Waals surface area contributed by atoms with Crippen LogP contribution in [0.3, 0.4) is 0 Å². The molecule has 1 aromatic carbocycles. The van der Waals surface area contributed by atoms with Crippen LogP contribution >= 0.6 is 0 Å². The Kier molecular flexibility index (Phi) is 5.14. The van der Waals surface area contributed by atoms with Crippen molar-refractivity contribution in [2.75, 3.05) is 10.6 Å². The maximum Gasteiger partial charge on any atom is 0.323 e. The molecular weight excluding hydrogens is 282 g/mol. The number of hydrogen-bond acceptors (Lipinski definition) is 4. The van der Waals surface area contributed by atoms with E-state index in [2.05, 4.69) is 5.32 Å². The van der Waals surface area contributed by atoms with Crippen LogP contribution in [-0.4, -0.2) is 23.8 Å². The molecule has 0 saturated heterocycles. The molecule has 3 amide bonds. The molecule has 0 radical (unpaired) electrons. The van der Waals surface area contributed by atoms with Crippen molar-refractivity contribution in [1.82, 2.24) is 5.32 Å². The van der Waals surface area contributed by atoms with E-state index in [4.69, 9.17) is 5.73 Å². The zero-order chi connectivity index (χ0) is 16.1. The number of rotatable bonds is 2. The molecule has 1 aliphatic rings. The van der Waals surface area contributed by atoms with E-state index in [9.17, 15) is 14.4 Å². The molecule has 6 nitrogen and oxygen atoms in total. The molecule has 1 aliphatic carbocycles. The fourth-order valence-corrected chi connectivity index (χ4v) is 2.66. The molecule has 1 fully saturated rings. The van der Waals surface area contributed by atoms with Gasteiger partial charge in [0.1, 0.15) is 0 Å². The average molecular weight is 303 g/mol. The third-order valence-corrected chi connectivity index (χ3v) is 3.80. The summed E-state index contributed by atoms with van der Waals surface area (Å²) in [5.74, 6) is -2.10. The third kappa shape index (κ3) is 3.84. The summed E-state index contributed by atoms with van der Waals surface area (Å²) in [6.07, 6.45) is 5.01. The van der Waals surface area contributed by atoms with Crippen LogP contribution in [0.25, 0.3) is 0 Å². The fraction of sp³-hybridized carbons (Fsp3) is 0.438. The zero-order valence-corrected chi connectivity index (χ0v) is 12.7. The van der Waals surface area contributed by atoms with Crippen molar-refractivity contribution in [3.05, 3.63) is 24.3 Å². The Morgan fingerprint density at radius 1 is 1.09 bits per heavy atom. The summed E-state index contributed by atoms with van der Waals surface area (Å²) in [6, 6.07) is 6.27. The van der Waals surface area contributed by atoms with Crippen LogP contribution < -0.4 is 16.0 Å². The standard InChI is InChI=1S/C16H21N3O3/c1-11(20)19(14-9-7-12(17)8-10-14)16(22)15(21)18-13-5-3-2-4-6-13/h7-10,13H,2-6,17H2,1H3,(H,18,21). The second-order valence-electron chi connectivity index (χ2n) is 5.56. The number of nitrogens with one attached hydrogen (secondary N) is 1. The maximum atomic E-state index is 12.3. The van der Waals surface area contributed by atoms with Crippen LogP contribution in [0, 0.1) is 0 Å². The molecule has 3 N–H and O–H groups in total. The molecule has 118 valence electrons. The molecule has 0 spiro atoms. The van der Waals surface area contributed by atoms with Gasteiger partial charge in [0.05, 0.1) is 5.69 Å². The number of amides is 3. The van der Waals surface area contributed by atoms with Gasteiger partial charge in [0.2, 0.25) is 5.91 Å². The summed E-state index contributed by atoms with van der Waals surface area (Å²) in [4.78, 5) is 37.1. The van der Waals surface area contributed by atoms with Crippen LogP contribution in [0.4, 0.5) is 11.4 Å². The highest BCUT2D eigenvalue weighted by molar-refractivity contribution is 6.45. The van der Waals surface area contributed by atoms with Crippen molar-refractivity contribution in [3.8, 4) is 0 Å². The van der Waals surface area contributed by atoms with Gasteiger partial charge in [0.15, 0.2) is 0 Å². The normalized spacial score (nSPS) is 15.1. The molecule has 6 heteroatoms. The Balaban J connectivity index is 2.10. The topological polar surface area (TPSA) is 92.5 Å². The molecular formula is C16H21N3O3. The van der Waals surface area contributed by atoms with E-state index >= 15 is 0 Å². The number of benzene rings is 1. The number of carbonyl (C=O) groups excluding carboxylic acids is 3. The minimum Gasteiger partial charge on any atom is -0.399 e. The van der Waals surface area contributed by atoms with Crippen molar-refractivity contribution >= 4 is 29.1 Å². The summed E-state index contributed by atoms with van der Waals surface area (Å²) in [7, 11) is 0. The lowest BCUT2D eigenvalue weighted by atomic mass is 9.95. The van der Waals surface area contributed by atoms with Crippen LogP contribution in [-0.2, 0) is 14.4 Å². The number of nitrogen functional groups attached to an aromatic ring is 1. The summed E-state index contributed by atoms with van der Waals surface area (Å²) in [5, 5.41) is 2.73. The van der Waals surface area contributed by atoms with E-state index in [1.54, 1.807) is 24.3 Å². The van der Waals surface area contributed by atoms with Gasteiger partial charge in [0, 0.05) is 18.7 Å². The van der Waals surface area contributed by atoms with Gasteiger partial charge in [-0.25, -0.2) is 4.90 Å². The molecule has 0 heterocycles. The van der Waals surface area contributed by atoms with E-state index in [0.717, 1.165) is 37.0 Å². The number of anilines is 2. The van der Waals surface area contributed by atoms with Crippen LogP contribution in [0.1, 0.15) is 39.0 Å². The van der Waals surface area contributed by atoms with Gasteiger partial charge >= 0.3 is 11.8 Å². The first-order valence-corrected chi connectivity index (χ1v) is 7.50. The smallest absolute Gasteiger partial charge is 0.323 e. The SMILES string of the molecule is CC(=O)N(C(=O)C(=O)NC1CCCCC1)c1ccc(N)cc1. The summed E-state index contributed by atoms with van der Waals surface area (Å²) >= 11 is 0. The Morgan fingerprint density at radius 2 is 1.68 bits per heavy atom. The van der Waals surface area contributed by atoms with Gasteiger partial charge in [-0.05, 0) is 37.1 Å². The van der Waals surface area contributed by atoms with Crippen molar-refractivity contribution in [3.63, 3.8) is 0 Å². The quantitative estimate of drug-likeness (QED) is 0.641. The minimum atomic E-state index is -0.858. The fourth-order valence-electron chi connectivity index (χ4n) is 2.66. The van der Waals surface area contributed by atoms with E-state index < -0.39 is 17.7 Å². The number of hydrogen-bond donors (Lipinski definition) is 2. The highest BCUT2D eigenvalue weighted by Gasteiger charge is 2.28. The lowest BCUT2D eigenvalue weighted by molar-refractivity contribution is -0.140. The highest BCUT2D eigenvalue weighted by Crippen LogP contribution is 2.19. The zero-order valence-electron chi connectivity index (χ0n) is 12.7. The molecule has 0 aromatic heterocycles. The predicted molar refractivity (Wildman–Crippen MR) is 84.0 cm³/mol. The maximum absolute atomic E-state index is 12.3. The molecule has 0 aliphatic heterocycles. The number of imide groups is 1. The number of nitrogens with two attached hydrogens (primary N) is 1. The highest BCUT2D eigenvalue weighted by atomic mass is 16.2. The van der Waals surface area contributed by atoms with Gasteiger partial charge in [-0.15, -0.1) is 0 Å². The van der Waals surface area contributed by atoms with Crippen molar-refractivity contribution < 1.29 is 14.4 Å². The largest absolute Gasteiger partial charge is 0.399 e. The van der Waals surface area contributed by atoms with Gasteiger partial charge in [0.25, 0.3) is 0 Å². The Morgan fingerprint density at radius 3 is 2.23 bits per heavy atom. The van der Waals surface area contributed by atoms with Gasteiger partial charge in [-0.3, -0.25) is 14.4 Å². The monoisotopic (exact) mass is 303 g/mol. The van der Waals surface area contributed by atoms with Gasteiger partial charge in [-0.2, -0.15) is 0 Å². The molecule has 0 atom stereocenters. The molecule has 0 bridgehead atoms. The first kappa shape index (κ1) is 16.0. The molecule has 0 unspecified atom stereocenters. The van der Waals surface area contributed by atoms with Crippen LogP contribution in [0.15, 0.2) is 24.3 Å². The van der Waals surface area contributed by atoms with Gasteiger partial charge < -0.3 is 11.1 Å². The molecule has 1 aromatic rings. The van der Waals surface area contributed by atoms with Crippen LogP contribution in [0.5, 0.6) is 0 Å². The molecule has 1 saturated carbocycles. The predicted octanol–water partition coefficient (Wildman–Crippen LogP) is 1.60. The Hall–Kier alpha value is -2.37. The minimum absolute atomic E-state index is 0.0189. The molecule has 2 rings (SSSR count). The summed E-state index contributed by atoms with van der Waals surface area (Å²) < 4.78 is 0. The lowest BCUT2D eigenvalue weighted by Crippen LogP contribution is -2.48. The second kappa shape index (κ2) is 7.06. The number of nitrogens with zero attached hydrogens (tertiary/aromatic N) is 1. The van der Waals surface area contributed by atoms with E-state index in [0.29, 0.717) is 11.4 Å². The molecule has 22 heavy (non-hydrogen) atoms. The van der Waals surface area contributed by atoms with E-state index in [-0.39, 0.29) is 6.04 Å². The van der Waals surface area contributed by atoms with E-state index in [1.165, 1.54) is 6.92 Å². The van der Waals surface area contributed by atoms with Crippen molar-refractivity contribution in [2.45, 2.75) is 45.1 Å². The Labute approximate surface area is 129 Å². The summed E-state index contributed by atoms with van der Waals surface area (Å²) in [6.45, 7) is 1.25.